The van der Waals surface area contributed by atoms with Gasteiger partial charge in [-0.2, -0.15) is 0 Å². The molecular weight excluding hydrogens is 158 g/mol. The summed E-state index contributed by atoms with van der Waals surface area (Å²) in [7, 11) is 0. The third kappa shape index (κ3) is 2.34. The molecule has 2 heteroatoms. The van der Waals surface area contributed by atoms with E-state index in [4.69, 9.17) is 11.6 Å². The van der Waals surface area contributed by atoms with Crippen molar-refractivity contribution in [2.45, 2.75) is 32.6 Å². The van der Waals surface area contributed by atoms with Gasteiger partial charge in [0.2, 0.25) is 0 Å². The monoisotopic (exact) mass is 175 g/mol. The van der Waals surface area contributed by atoms with Crippen LogP contribution in [-0.4, -0.2) is 19.0 Å². The van der Waals surface area contributed by atoms with Crippen LogP contribution in [0.25, 0.3) is 0 Å². The molecule has 0 bridgehead atoms. The molecule has 0 radical (unpaired) electrons. The van der Waals surface area contributed by atoms with Gasteiger partial charge in [-0.25, -0.2) is 0 Å². The molecule has 66 valence electrons. The fourth-order valence-electron chi connectivity index (χ4n) is 1.87. The normalized spacial score (nSPS) is 22.4. The molecule has 0 aromatic rings. The molecule has 1 rings (SSSR count). The van der Waals surface area contributed by atoms with Crippen molar-refractivity contribution < 1.29 is 0 Å². The lowest BCUT2D eigenvalue weighted by Gasteiger charge is -2.26. The van der Waals surface area contributed by atoms with Crippen molar-refractivity contribution in [3.8, 4) is 0 Å². The van der Waals surface area contributed by atoms with Crippen LogP contribution in [0.4, 0.5) is 0 Å². The topological polar surface area (TPSA) is 12.0 Å². The second-order valence-electron chi connectivity index (χ2n) is 3.62. The molecular formula is C9H18ClN. The molecule has 0 heterocycles. The van der Waals surface area contributed by atoms with Gasteiger partial charge in [0.05, 0.1) is 0 Å². The molecule has 1 saturated carbocycles. The summed E-state index contributed by atoms with van der Waals surface area (Å²) in [6, 6.07) is 0. The maximum atomic E-state index is 5.96. The van der Waals surface area contributed by atoms with Gasteiger partial charge in [0.15, 0.2) is 0 Å². The fourth-order valence-corrected chi connectivity index (χ4v) is 2.23. The van der Waals surface area contributed by atoms with E-state index in [0.29, 0.717) is 5.41 Å². The zero-order valence-electron chi connectivity index (χ0n) is 7.33. The number of hydrogen-bond donors (Lipinski definition) is 1. The first kappa shape index (κ1) is 9.34. The first-order chi connectivity index (χ1) is 5.33. The highest BCUT2D eigenvalue weighted by molar-refractivity contribution is 6.18. The Morgan fingerprint density at radius 2 is 2.00 bits per heavy atom. The zero-order chi connectivity index (χ0) is 8.16. The van der Waals surface area contributed by atoms with Crippen LogP contribution in [0.3, 0.4) is 0 Å². The molecule has 0 aromatic heterocycles. The van der Waals surface area contributed by atoms with E-state index in [1.807, 2.05) is 0 Å². The van der Waals surface area contributed by atoms with E-state index in [1.54, 1.807) is 0 Å². The number of hydrogen-bond acceptors (Lipinski definition) is 1. The molecule has 1 aliphatic rings. The largest absolute Gasteiger partial charge is 0.316 e. The van der Waals surface area contributed by atoms with Gasteiger partial charge in [-0.15, -0.1) is 11.6 Å². The van der Waals surface area contributed by atoms with Crippen molar-refractivity contribution in [1.82, 2.24) is 5.32 Å². The summed E-state index contributed by atoms with van der Waals surface area (Å²) in [4.78, 5) is 0. The lowest BCUT2D eigenvalue weighted by Crippen LogP contribution is -2.33. The van der Waals surface area contributed by atoms with E-state index in [9.17, 15) is 0 Å². The predicted molar refractivity (Wildman–Crippen MR) is 50.2 cm³/mol. The summed E-state index contributed by atoms with van der Waals surface area (Å²) in [6.07, 6.45) is 5.39. The first-order valence-corrected chi connectivity index (χ1v) is 5.13. The minimum Gasteiger partial charge on any atom is -0.316 e. The van der Waals surface area contributed by atoms with Crippen molar-refractivity contribution in [3.63, 3.8) is 0 Å². The summed E-state index contributed by atoms with van der Waals surface area (Å²) in [5, 5.41) is 3.40. The highest BCUT2D eigenvalue weighted by Crippen LogP contribution is 2.38. The van der Waals surface area contributed by atoms with Crippen LogP contribution in [0.5, 0.6) is 0 Å². The van der Waals surface area contributed by atoms with Gasteiger partial charge in [-0.05, 0) is 24.8 Å². The number of alkyl halides is 1. The van der Waals surface area contributed by atoms with Gasteiger partial charge in [-0.3, -0.25) is 0 Å². The van der Waals surface area contributed by atoms with Gasteiger partial charge in [0, 0.05) is 12.4 Å². The third-order valence-corrected chi connectivity index (χ3v) is 3.26. The van der Waals surface area contributed by atoms with Crippen LogP contribution in [0.1, 0.15) is 32.6 Å². The van der Waals surface area contributed by atoms with Gasteiger partial charge in [0.1, 0.15) is 0 Å². The molecule has 0 amide bonds. The highest BCUT2D eigenvalue weighted by Gasteiger charge is 2.32. The molecule has 1 fully saturated rings. The van der Waals surface area contributed by atoms with Crippen LogP contribution in [0, 0.1) is 5.41 Å². The molecule has 1 N–H and O–H groups in total. The van der Waals surface area contributed by atoms with Gasteiger partial charge in [-0.1, -0.05) is 19.8 Å². The lowest BCUT2D eigenvalue weighted by molar-refractivity contribution is 0.324. The van der Waals surface area contributed by atoms with E-state index in [1.165, 1.54) is 25.7 Å². The van der Waals surface area contributed by atoms with Gasteiger partial charge < -0.3 is 5.32 Å². The lowest BCUT2D eigenvalue weighted by atomic mass is 9.88. The molecule has 1 aliphatic carbocycles. The second kappa shape index (κ2) is 4.32. The maximum Gasteiger partial charge on any atom is 0.0292 e. The van der Waals surface area contributed by atoms with E-state index in [0.717, 1.165) is 19.0 Å². The highest BCUT2D eigenvalue weighted by atomic mass is 35.5. The van der Waals surface area contributed by atoms with Crippen LogP contribution < -0.4 is 5.32 Å². The number of nitrogens with one attached hydrogen (secondary N) is 1. The average Bonchev–Trinajstić information content (AvgIpc) is 2.50. The smallest absolute Gasteiger partial charge is 0.0292 e. The van der Waals surface area contributed by atoms with Crippen molar-refractivity contribution in [2.24, 2.45) is 5.41 Å². The Labute approximate surface area is 74.5 Å². The number of halogens is 1. The van der Waals surface area contributed by atoms with Gasteiger partial charge in [0.25, 0.3) is 0 Å². The minimum absolute atomic E-state index is 0.442. The quantitative estimate of drug-likeness (QED) is 0.648. The molecule has 0 spiro atoms. The van der Waals surface area contributed by atoms with Gasteiger partial charge >= 0.3 is 0 Å². The SMILES string of the molecule is CCNCC1(CCl)CCCC1. The number of rotatable bonds is 4. The third-order valence-electron chi connectivity index (χ3n) is 2.70. The van der Waals surface area contributed by atoms with E-state index < -0.39 is 0 Å². The molecule has 1 nitrogen and oxygen atoms in total. The Kier molecular flexibility index (Phi) is 3.67. The Morgan fingerprint density at radius 1 is 1.36 bits per heavy atom. The summed E-state index contributed by atoms with van der Waals surface area (Å²) in [5.41, 5.74) is 0.442. The summed E-state index contributed by atoms with van der Waals surface area (Å²) < 4.78 is 0. The van der Waals surface area contributed by atoms with Crippen LogP contribution >= 0.6 is 11.6 Å². The fraction of sp³-hybridized carbons (Fsp3) is 1.00. The summed E-state index contributed by atoms with van der Waals surface area (Å²) in [6.45, 7) is 4.34. The van der Waals surface area contributed by atoms with E-state index in [-0.39, 0.29) is 0 Å². The predicted octanol–water partition coefficient (Wildman–Crippen LogP) is 2.40. The van der Waals surface area contributed by atoms with E-state index >= 15 is 0 Å². The van der Waals surface area contributed by atoms with Crippen LogP contribution in [0.2, 0.25) is 0 Å². The van der Waals surface area contributed by atoms with Crippen molar-refractivity contribution in [3.05, 3.63) is 0 Å². The van der Waals surface area contributed by atoms with Crippen molar-refractivity contribution >= 4 is 11.6 Å². The Morgan fingerprint density at radius 3 is 2.45 bits per heavy atom. The van der Waals surface area contributed by atoms with Crippen molar-refractivity contribution in [1.29, 1.82) is 0 Å². The molecule has 0 aliphatic heterocycles. The second-order valence-corrected chi connectivity index (χ2v) is 3.89. The first-order valence-electron chi connectivity index (χ1n) is 4.60. The molecule has 0 unspecified atom stereocenters. The standard InChI is InChI=1S/C9H18ClN/c1-2-11-8-9(7-10)5-3-4-6-9/h11H,2-8H2,1H3. The average molecular weight is 176 g/mol. The summed E-state index contributed by atoms with van der Waals surface area (Å²) >= 11 is 5.96. The minimum atomic E-state index is 0.442. The molecule has 0 saturated heterocycles. The van der Waals surface area contributed by atoms with Crippen molar-refractivity contribution in [2.75, 3.05) is 19.0 Å². The Balaban J connectivity index is 2.33. The Hall–Kier alpha value is 0.250. The molecule has 11 heavy (non-hydrogen) atoms. The van der Waals surface area contributed by atoms with Crippen LogP contribution in [-0.2, 0) is 0 Å². The zero-order valence-corrected chi connectivity index (χ0v) is 8.08. The Bertz CT molecular complexity index is 108. The van der Waals surface area contributed by atoms with Crippen LogP contribution in [0.15, 0.2) is 0 Å². The molecule has 0 aromatic carbocycles. The summed E-state index contributed by atoms with van der Waals surface area (Å²) in [5.74, 6) is 0.833. The van der Waals surface area contributed by atoms with E-state index in [2.05, 4.69) is 12.2 Å². The maximum absolute atomic E-state index is 5.96. The molecule has 0 atom stereocenters.